The van der Waals surface area contributed by atoms with Crippen LogP contribution in [0.3, 0.4) is 0 Å². The van der Waals surface area contributed by atoms with Crippen molar-refractivity contribution in [3.63, 3.8) is 0 Å². The fraction of sp³-hybridized carbons (Fsp3) is 0.625. The van der Waals surface area contributed by atoms with E-state index in [-0.39, 0.29) is 24.3 Å². The number of hydrogen-bond donors (Lipinski definition) is 0. The molecule has 6 heteroatoms. The monoisotopic (exact) mass is 325 g/mol. The number of ketones is 1. The summed E-state index contributed by atoms with van der Waals surface area (Å²) in [6.07, 6.45) is -0.114. The summed E-state index contributed by atoms with van der Waals surface area (Å²) in [4.78, 5) is 27.1. The molecule has 1 unspecified atom stereocenters. The molecule has 0 saturated carbocycles. The largest absolute Gasteiger partial charge is 0.444 e. The van der Waals surface area contributed by atoms with Gasteiger partial charge in [0.05, 0.1) is 24.1 Å². The normalized spacial score (nSPS) is 19.1. The third-order valence-corrected chi connectivity index (χ3v) is 4.45. The molecule has 1 atom stereocenters. The number of carbonyl (C=O) groups is 2. The molecule has 1 amide bonds. The van der Waals surface area contributed by atoms with Gasteiger partial charge in [-0.3, -0.25) is 4.79 Å². The molecule has 122 valence electrons. The topological polar surface area (TPSA) is 55.8 Å². The highest BCUT2D eigenvalue weighted by Gasteiger charge is 2.32. The average Bonchev–Trinajstić information content (AvgIpc) is 2.83. The van der Waals surface area contributed by atoms with Gasteiger partial charge in [0.15, 0.2) is 5.78 Å². The Morgan fingerprint density at radius 1 is 1.45 bits per heavy atom. The number of Topliss-reactive ketones (excluding diaryl/α,β-unsaturated/α-hetero) is 1. The lowest BCUT2D eigenvalue weighted by Gasteiger charge is -2.36. The first-order valence-corrected chi connectivity index (χ1v) is 8.30. The van der Waals surface area contributed by atoms with Crippen molar-refractivity contribution in [2.75, 3.05) is 19.8 Å². The maximum Gasteiger partial charge on any atom is 0.410 e. The van der Waals surface area contributed by atoms with Crippen LogP contribution in [0.25, 0.3) is 0 Å². The molecular formula is C16H23NO4S. The van der Waals surface area contributed by atoms with Crippen LogP contribution < -0.4 is 0 Å². The van der Waals surface area contributed by atoms with Gasteiger partial charge in [-0.2, -0.15) is 0 Å². The summed E-state index contributed by atoms with van der Waals surface area (Å²) >= 11 is 1.44. The van der Waals surface area contributed by atoms with E-state index in [0.717, 1.165) is 10.4 Å². The molecule has 1 fully saturated rings. The number of ether oxygens (including phenoxy) is 2. The lowest BCUT2D eigenvalue weighted by Crippen LogP contribution is -2.51. The molecule has 0 spiro atoms. The number of nitrogens with zero attached hydrogens (tertiary/aromatic N) is 1. The molecule has 0 bridgehead atoms. The van der Waals surface area contributed by atoms with Gasteiger partial charge in [-0.05, 0) is 44.7 Å². The standard InChI is InChI=1S/C16H23NO4S/c1-11-5-8-22-14(11)13(18)9-12-10-20-7-6-17(12)15(19)21-16(2,3)4/h5,8,12H,6-7,9-10H2,1-4H3. The minimum absolute atomic E-state index is 0.0524. The van der Waals surface area contributed by atoms with Crippen molar-refractivity contribution in [1.82, 2.24) is 4.90 Å². The molecule has 22 heavy (non-hydrogen) atoms. The fourth-order valence-corrected chi connectivity index (χ4v) is 3.23. The van der Waals surface area contributed by atoms with Crippen LogP contribution in [0.15, 0.2) is 11.4 Å². The molecule has 0 aromatic carbocycles. The van der Waals surface area contributed by atoms with Crippen LogP contribution in [-0.2, 0) is 9.47 Å². The van der Waals surface area contributed by atoms with Crippen molar-refractivity contribution in [3.05, 3.63) is 21.9 Å². The lowest BCUT2D eigenvalue weighted by molar-refractivity contribution is -0.0322. The first kappa shape index (κ1) is 17.0. The number of carbonyl (C=O) groups excluding carboxylic acids is 2. The van der Waals surface area contributed by atoms with Crippen LogP contribution in [0.1, 0.15) is 42.4 Å². The van der Waals surface area contributed by atoms with Gasteiger partial charge in [0.1, 0.15) is 5.60 Å². The Bertz CT molecular complexity index is 547. The van der Waals surface area contributed by atoms with E-state index in [1.165, 1.54) is 11.3 Å². The molecule has 1 aromatic rings. The summed E-state index contributed by atoms with van der Waals surface area (Å²) in [5.41, 5.74) is 0.435. The van der Waals surface area contributed by atoms with Gasteiger partial charge in [0.25, 0.3) is 0 Å². The van der Waals surface area contributed by atoms with E-state index in [1.807, 2.05) is 39.1 Å². The Morgan fingerprint density at radius 3 is 2.77 bits per heavy atom. The van der Waals surface area contributed by atoms with Gasteiger partial charge in [-0.15, -0.1) is 11.3 Å². The Hall–Kier alpha value is -1.40. The van der Waals surface area contributed by atoms with E-state index >= 15 is 0 Å². The molecular weight excluding hydrogens is 302 g/mol. The molecule has 0 radical (unpaired) electrons. The van der Waals surface area contributed by atoms with Crippen molar-refractivity contribution in [2.24, 2.45) is 0 Å². The second-order valence-corrected chi connectivity index (χ2v) is 7.38. The van der Waals surface area contributed by atoms with Gasteiger partial charge in [0, 0.05) is 13.0 Å². The number of aryl methyl sites for hydroxylation is 1. The third kappa shape index (κ3) is 4.30. The van der Waals surface area contributed by atoms with E-state index in [2.05, 4.69) is 0 Å². The van der Waals surface area contributed by atoms with Crippen molar-refractivity contribution in [3.8, 4) is 0 Å². The second kappa shape index (κ2) is 6.79. The van der Waals surface area contributed by atoms with Gasteiger partial charge < -0.3 is 14.4 Å². The maximum atomic E-state index is 12.4. The van der Waals surface area contributed by atoms with E-state index in [0.29, 0.717) is 19.8 Å². The van der Waals surface area contributed by atoms with Crippen molar-refractivity contribution < 1.29 is 19.1 Å². The van der Waals surface area contributed by atoms with E-state index in [4.69, 9.17) is 9.47 Å². The molecule has 1 aliphatic rings. The quantitative estimate of drug-likeness (QED) is 0.800. The van der Waals surface area contributed by atoms with Crippen molar-refractivity contribution in [1.29, 1.82) is 0 Å². The van der Waals surface area contributed by atoms with Gasteiger partial charge >= 0.3 is 6.09 Å². The van der Waals surface area contributed by atoms with Crippen LogP contribution >= 0.6 is 11.3 Å². The van der Waals surface area contributed by atoms with E-state index in [9.17, 15) is 9.59 Å². The highest BCUT2D eigenvalue weighted by Crippen LogP contribution is 2.22. The van der Waals surface area contributed by atoms with Crippen LogP contribution in [0.5, 0.6) is 0 Å². The number of thiophene rings is 1. The number of morpholine rings is 1. The van der Waals surface area contributed by atoms with Gasteiger partial charge in [-0.25, -0.2) is 4.79 Å². The zero-order chi connectivity index (χ0) is 16.3. The smallest absolute Gasteiger partial charge is 0.410 e. The lowest BCUT2D eigenvalue weighted by atomic mass is 10.1. The van der Waals surface area contributed by atoms with Crippen molar-refractivity contribution >= 4 is 23.2 Å². The molecule has 2 rings (SSSR count). The zero-order valence-electron chi connectivity index (χ0n) is 13.5. The van der Waals surface area contributed by atoms with Gasteiger partial charge in [-0.1, -0.05) is 0 Å². The first-order chi connectivity index (χ1) is 10.3. The van der Waals surface area contributed by atoms with E-state index in [1.54, 1.807) is 4.90 Å². The molecule has 1 saturated heterocycles. The van der Waals surface area contributed by atoms with Gasteiger partial charge in [0.2, 0.25) is 0 Å². The fourth-order valence-electron chi connectivity index (χ4n) is 2.35. The summed E-state index contributed by atoms with van der Waals surface area (Å²) in [6.45, 7) is 8.72. The van der Waals surface area contributed by atoms with E-state index < -0.39 is 5.60 Å². The number of rotatable bonds is 3. The van der Waals surface area contributed by atoms with Crippen LogP contribution in [0, 0.1) is 6.92 Å². The average molecular weight is 325 g/mol. The SMILES string of the molecule is Cc1ccsc1C(=O)CC1COCCN1C(=O)OC(C)(C)C. The molecule has 1 aromatic heterocycles. The molecule has 2 heterocycles. The minimum Gasteiger partial charge on any atom is -0.444 e. The molecule has 5 nitrogen and oxygen atoms in total. The first-order valence-electron chi connectivity index (χ1n) is 7.42. The number of hydrogen-bond acceptors (Lipinski definition) is 5. The number of amides is 1. The Morgan fingerprint density at radius 2 is 2.18 bits per heavy atom. The third-order valence-electron chi connectivity index (χ3n) is 3.39. The Labute approximate surface area is 135 Å². The molecule has 0 N–H and O–H groups in total. The second-order valence-electron chi connectivity index (χ2n) is 6.46. The summed E-state index contributed by atoms with van der Waals surface area (Å²) in [6, 6.07) is 1.67. The van der Waals surface area contributed by atoms with Crippen LogP contribution in [0.4, 0.5) is 4.79 Å². The minimum atomic E-state index is -0.547. The summed E-state index contributed by atoms with van der Waals surface area (Å²) in [5, 5.41) is 1.91. The van der Waals surface area contributed by atoms with Crippen molar-refractivity contribution in [2.45, 2.75) is 45.8 Å². The zero-order valence-corrected chi connectivity index (χ0v) is 14.4. The predicted octanol–water partition coefficient (Wildman–Crippen LogP) is 3.27. The molecule has 0 aliphatic carbocycles. The summed E-state index contributed by atoms with van der Waals surface area (Å²) < 4.78 is 10.9. The Kier molecular flexibility index (Phi) is 5.24. The summed E-state index contributed by atoms with van der Waals surface area (Å²) in [5.74, 6) is 0.0524. The van der Waals surface area contributed by atoms with Crippen LogP contribution in [0.2, 0.25) is 0 Å². The predicted molar refractivity (Wildman–Crippen MR) is 85.6 cm³/mol. The summed E-state index contributed by atoms with van der Waals surface area (Å²) in [7, 11) is 0. The Balaban J connectivity index is 2.05. The maximum absolute atomic E-state index is 12.4. The highest BCUT2D eigenvalue weighted by molar-refractivity contribution is 7.12. The van der Waals surface area contributed by atoms with Crippen LogP contribution in [-0.4, -0.2) is 48.2 Å². The molecule has 1 aliphatic heterocycles. The highest BCUT2D eigenvalue weighted by atomic mass is 32.1.